The van der Waals surface area contributed by atoms with Crippen LogP contribution >= 0.6 is 0 Å². The number of carbonyl (C=O) groups is 1. The van der Waals surface area contributed by atoms with Crippen LogP contribution in [0.25, 0.3) is 0 Å². The Bertz CT molecular complexity index is 153. The average molecular weight is 187 g/mol. The molecule has 2 N–H and O–H groups in total. The van der Waals surface area contributed by atoms with Gasteiger partial charge in [-0.3, -0.25) is 9.80 Å². The molecule has 0 spiro atoms. The Labute approximate surface area is 81.0 Å². The van der Waals surface area contributed by atoms with Crippen LogP contribution in [0.15, 0.2) is 12.2 Å². The Morgan fingerprint density at radius 3 is 2.08 bits per heavy atom. The number of hydrazine groups is 1. The molecule has 4 heteroatoms. The number of nitrogens with two attached hydrogens (primary N) is 1. The van der Waals surface area contributed by atoms with Crippen LogP contribution in [-0.2, 0) is 4.79 Å². The second-order valence-electron chi connectivity index (χ2n) is 2.61. The number of hydrogen-bond donors (Lipinski definition) is 1. The lowest BCUT2D eigenvalue weighted by Crippen LogP contribution is -2.31. The summed E-state index contributed by atoms with van der Waals surface area (Å²) in [6.45, 7) is 4.75. The molecule has 78 valence electrons. The molecule has 0 rings (SSSR count). The molecule has 4 nitrogen and oxygen atoms in total. The summed E-state index contributed by atoms with van der Waals surface area (Å²) in [4.78, 5) is 12.8. The molecule has 0 heterocycles. The molecule has 1 amide bonds. The van der Waals surface area contributed by atoms with Gasteiger partial charge in [-0.25, -0.2) is 5.84 Å². The Morgan fingerprint density at radius 2 is 1.77 bits per heavy atom. The Morgan fingerprint density at radius 1 is 1.31 bits per heavy atom. The summed E-state index contributed by atoms with van der Waals surface area (Å²) in [6, 6.07) is 0. The zero-order chi connectivity index (χ0) is 10.9. The van der Waals surface area contributed by atoms with Crippen LogP contribution < -0.4 is 5.84 Å². The molecule has 0 aliphatic heterocycles. The van der Waals surface area contributed by atoms with Crippen molar-refractivity contribution in [3.8, 4) is 0 Å². The van der Waals surface area contributed by atoms with Gasteiger partial charge in [0.15, 0.2) is 0 Å². The van der Waals surface area contributed by atoms with E-state index in [1.54, 1.807) is 6.08 Å². The van der Waals surface area contributed by atoms with Crippen molar-refractivity contribution in [2.75, 3.05) is 27.7 Å². The number of nitrogens with zero attached hydrogens (tertiary/aromatic N) is 2. The highest BCUT2D eigenvalue weighted by Crippen LogP contribution is 1.81. The topological polar surface area (TPSA) is 49.6 Å². The predicted octanol–water partition coefficient (Wildman–Crippen LogP) is 0.463. The monoisotopic (exact) mass is 187 g/mol. The van der Waals surface area contributed by atoms with E-state index in [0.717, 1.165) is 11.6 Å². The SMILES string of the molecule is CC.CN(C)C/C=C/C(=O)N(C)N. The Kier molecular flexibility index (Phi) is 10.4. The molecule has 0 radical (unpaired) electrons. The fourth-order valence-electron chi connectivity index (χ4n) is 0.482. The maximum absolute atomic E-state index is 10.8. The van der Waals surface area contributed by atoms with E-state index < -0.39 is 0 Å². The number of amides is 1. The van der Waals surface area contributed by atoms with Gasteiger partial charge in [-0.05, 0) is 14.1 Å². The molecule has 0 aliphatic carbocycles. The molecule has 0 bridgehead atoms. The molecular weight excluding hydrogens is 166 g/mol. The van der Waals surface area contributed by atoms with E-state index in [0.29, 0.717) is 0 Å². The zero-order valence-electron chi connectivity index (χ0n) is 9.24. The maximum Gasteiger partial charge on any atom is 0.259 e. The first-order valence-corrected chi connectivity index (χ1v) is 4.37. The van der Waals surface area contributed by atoms with Gasteiger partial charge in [-0.15, -0.1) is 0 Å². The highest BCUT2D eigenvalue weighted by Gasteiger charge is 1.95. The highest BCUT2D eigenvalue weighted by molar-refractivity contribution is 5.86. The number of likely N-dealkylation sites (N-methyl/N-ethyl adjacent to an activating group) is 2. The van der Waals surface area contributed by atoms with Crippen molar-refractivity contribution >= 4 is 5.91 Å². The average Bonchev–Trinajstić information content (AvgIpc) is 2.07. The number of hydrogen-bond acceptors (Lipinski definition) is 3. The zero-order valence-corrected chi connectivity index (χ0v) is 9.24. The third kappa shape index (κ3) is 11.1. The van der Waals surface area contributed by atoms with Gasteiger partial charge in [0.05, 0.1) is 0 Å². The first-order chi connectivity index (χ1) is 6.04. The molecule has 0 aromatic carbocycles. The minimum Gasteiger partial charge on any atom is -0.306 e. The lowest BCUT2D eigenvalue weighted by atomic mass is 10.4. The van der Waals surface area contributed by atoms with Crippen LogP contribution in [0.1, 0.15) is 13.8 Å². The molecule has 0 unspecified atom stereocenters. The molecular formula is C9H21N3O. The molecule has 0 fully saturated rings. The van der Waals surface area contributed by atoms with Gasteiger partial charge in [0.25, 0.3) is 5.91 Å². The van der Waals surface area contributed by atoms with Crippen LogP contribution in [0.5, 0.6) is 0 Å². The first-order valence-electron chi connectivity index (χ1n) is 4.37. The second-order valence-corrected chi connectivity index (χ2v) is 2.61. The quantitative estimate of drug-likeness (QED) is 0.302. The Balaban J connectivity index is 0. The fourth-order valence-corrected chi connectivity index (χ4v) is 0.482. The lowest BCUT2D eigenvalue weighted by Gasteiger charge is -2.06. The summed E-state index contributed by atoms with van der Waals surface area (Å²) in [5.74, 6) is 4.98. The van der Waals surface area contributed by atoms with Crippen LogP contribution in [0.3, 0.4) is 0 Å². The summed E-state index contributed by atoms with van der Waals surface area (Å²) in [6.07, 6.45) is 3.23. The summed E-state index contributed by atoms with van der Waals surface area (Å²) < 4.78 is 0. The van der Waals surface area contributed by atoms with Crippen LogP contribution in [0.4, 0.5) is 0 Å². The maximum atomic E-state index is 10.8. The van der Waals surface area contributed by atoms with Crippen molar-refractivity contribution < 1.29 is 4.79 Å². The summed E-state index contributed by atoms with van der Waals surface area (Å²) in [5, 5.41) is 1.05. The fraction of sp³-hybridized carbons (Fsp3) is 0.667. The Hall–Kier alpha value is -0.870. The van der Waals surface area contributed by atoms with Gasteiger partial charge >= 0.3 is 0 Å². The number of rotatable bonds is 3. The van der Waals surface area contributed by atoms with Gasteiger partial charge in [-0.1, -0.05) is 19.9 Å². The van der Waals surface area contributed by atoms with E-state index in [9.17, 15) is 4.79 Å². The molecule has 0 aliphatic rings. The van der Waals surface area contributed by atoms with Gasteiger partial charge < -0.3 is 4.90 Å². The molecule has 0 aromatic rings. The van der Waals surface area contributed by atoms with Crippen LogP contribution in [-0.4, -0.2) is 43.5 Å². The third-order valence-corrected chi connectivity index (χ3v) is 1.08. The summed E-state index contributed by atoms with van der Waals surface area (Å²) in [7, 11) is 5.38. The van der Waals surface area contributed by atoms with E-state index in [4.69, 9.17) is 5.84 Å². The van der Waals surface area contributed by atoms with Crippen molar-refractivity contribution in [2.45, 2.75) is 13.8 Å². The largest absolute Gasteiger partial charge is 0.306 e. The first kappa shape index (κ1) is 14.6. The smallest absolute Gasteiger partial charge is 0.259 e. The second kappa shape index (κ2) is 9.22. The van der Waals surface area contributed by atoms with Crippen molar-refractivity contribution in [2.24, 2.45) is 5.84 Å². The van der Waals surface area contributed by atoms with E-state index >= 15 is 0 Å². The van der Waals surface area contributed by atoms with Crippen molar-refractivity contribution in [3.63, 3.8) is 0 Å². The predicted molar refractivity (Wildman–Crippen MR) is 56.0 cm³/mol. The van der Waals surface area contributed by atoms with Crippen LogP contribution in [0, 0.1) is 0 Å². The third-order valence-electron chi connectivity index (χ3n) is 1.08. The molecule has 0 saturated heterocycles. The van der Waals surface area contributed by atoms with Gasteiger partial charge in [-0.2, -0.15) is 0 Å². The normalized spacial score (nSPS) is 9.77. The van der Waals surface area contributed by atoms with Gasteiger partial charge in [0.2, 0.25) is 0 Å². The minimum absolute atomic E-state index is 0.188. The van der Waals surface area contributed by atoms with Crippen molar-refractivity contribution in [1.29, 1.82) is 0 Å². The van der Waals surface area contributed by atoms with Gasteiger partial charge in [0, 0.05) is 19.7 Å². The number of carbonyl (C=O) groups excluding carboxylic acids is 1. The van der Waals surface area contributed by atoms with E-state index in [1.807, 2.05) is 32.8 Å². The van der Waals surface area contributed by atoms with Crippen LogP contribution in [0.2, 0.25) is 0 Å². The standard InChI is InChI=1S/C7H15N3O.C2H6/c1-9(2)6-4-5-7(11)10(3)8;1-2/h4-5H,6,8H2,1-3H3;1-2H3/b5-4+;. The highest BCUT2D eigenvalue weighted by atomic mass is 16.2. The molecule has 0 aromatic heterocycles. The summed E-state index contributed by atoms with van der Waals surface area (Å²) >= 11 is 0. The molecule has 0 atom stereocenters. The van der Waals surface area contributed by atoms with E-state index in [-0.39, 0.29) is 5.91 Å². The van der Waals surface area contributed by atoms with Crippen molar-refractivity contribution in [3.05, 3.63) is 12.2 Å². The van der Waals surface area contributed by atoms with Gasteiger partial charge in [0.1, 0.15) is 0 Å². The minimum atomic E-state index is -0.188. The lowest BCUT2D eigenvalue weighted by molar-refractivity contribution is -0.125. The van der Waals surface area contributed by atoms with E-state index in [2.05, 4.69) is 0 Å². The van der Waals surface area contributed by atoms with E-state index in [1.165, 1.54) is 13.1 Å². The summed E-state index contributed by atoms with van der Waals surface area (Å²) in [5.41, 5.74) is 0. The molecule has 0 saturated carbocycles. The van der Waals surface area contributed by atoms with Crippen molar-refractivity contribution in [1.82, 2.24) is 9.91 Å². The molecule has 13 heavy (non-hydrogen) atoms.